The van der Waals surface area contributed by atoms with Gasteiger partial charge in [-0.2, -0.15) is 0 Å². The summed E-state index contributed by atoms with van der Waals surface area (Å²) >= 11 is 10.6. The van der Waals surface area contributed by atoms with Crippen LogP contribution in [0.25, 0.3) is 52.8 Å². The molecule has 4 nitrogen and oxygen atoms in total. The number of carbonyl (C=O) groups excluding carboxylic acids is 2. The van der Waals surface area contributed by atoms with Crippen molar-refractivity contribution in [3.8, 4) is 29.3 Å². The summed E-state index contributed by atoms with van der Waals surface area (Å²) < 4.78 is 0. The molecule has 0 aromatic carbocycles. The van der Waals surface area contributed by atoms with Crippen LogP contribution in [0.3, 0.4) is 0 Å². The molecule has 45 heavy (non-hydrogen) atoms. The van der Waals surface area contributed by atoms with E-state index in [1.807, 2.05) is 47.7 Å². The van der Waals surface area contributed by atoms with Gasteiger partial charge in [0.15, 0.2) is 0 Å². The molecular formula is C35H20N2O2S6. The maximum Gasteiger partial charge on any atom is 0.265 e. The molecule has 2 amide bonds. The zero-order valence-electron chi connectivity index (χ0n) is 23.5. The van der Waals surface area contributed by atoms with E-state index in [-0.39, 0.29) is 11.8 Å². The Bertz CT molecular complexity index is 2280. The van der Waals surface area contributed by atoms with Crippen LogP contribution in [-0.4, -0.2) is 21.6 Å². The van der Waals surface area contributed by atoms with Crippen molar-refractivity contribution in [2.45, 2.75) is 12.2 Å². The molecule has 0 spiro atoms. The molecule has 10 heterocycles. The topological polar surface area (TPSA) is 40.6 Å². The van der Waals surface area contributed by atoms with E-state index in [9.17, 15) is 9.59 Å². The molecule has 2 unspecified atom stereocenters. The SMILES string of the molecule is CC1C=CSC1c1ccc(-c2cc3c(s2)C2=C4C(=O)N5C=Cc6cc(-c7ccc(-c8cccs8)s7)sc6C5=C4C(=O)N2C=C3)s1. The molecule has 0 N–H and O–H groups in total. The third kappa shape index (κ3) is 3.81. The Morgan fingerprint density at radius 2 is 1.27 bits per heavy atom. The van der Waals surface area contributed by atoms with Crippen molar-refractivity contribution in [2.24, 2.45) is 5.92 Å². The number of nitrogens with zero attached hydrogens (tertiary/aromatic N) is 2. The number of thioether (sulfide) groups is 1. The van der Waals surface area contributed by atoms with Crippen LogP contribution in [0.4, 0.5) is 0 Å². The Kier molecular flexibility index (Phi) is 5.78. The van der Waals surface area contributed by atoms with Crippen LogP contribution < -0.4 is 0 Å². The van der Waals surface area contributed by atoms with Crippen molar-refractivity contribution in [1.29, 1.82) is 0 Å². The van der Waals surface area contributed by atoms with E-state index in [1.165, 1.54) is 29.3 Å². The van der Waals surface area contributed by atoms with Crippen LogP contribution in [0.5, 0.6) is 0 Å². The highest BCUT2D eigenvalue weighted by atomic mass is 32.2. The first-order chi connectivity index (χ1) is 22.0. The van der Waals surface area contributed by atoms with E-state index in [0.29, 0.717) is 22.3 Å². The predicted molar refractivity (Wildman–Crippen MR) is 193 cm³/mol. The van der Waals surface area contributed by atoms with Gasteiger partial charge in [-0.3, -0.25) is 19.4 Å². The van der Waals surface area contributed by atoms with Gasteiger partial charge >= 0.3 is 0 Å². The molecule has 0 radical (unpaired) electrons. The molecule has 5 aromatic rings. The number of rotatable bonds is 4. The van der Waals surface area contributed by atoms with Crippen LogP contribution in [0.2, 0.25) is 0 Å². The van der Waals surface area contributed by atoms with Gasteiger partial charge in [0.25, 0.3) is 11.8 Å². The minimum Gasteiger partial charge on any atom is -0.281 e. The van der Waals surface area contributed by atoms with Crippen molar-refractivity contribution in [2.75, 3.05) is 0 Å². The summed E-state index contributed by atoms with van der Waals surface area (Å²) in [7, 11) is 0. The molecule has 0 fully saturated rings. The van der Waals surface area contributed by atoms with Gasteiger partial charge in [0.1, 0.15) is 0 Å². The summed E-state index contributed by atoms with van der Waals surface area (Å²) in [4.78, 5) is 42.1. The second-order valence-electron chi connectivity index (χ2n) is 11.3. The summed E-state index contributed by atoms with van der Waals surface area (Å²) in [6.45, 7) is 2.27. The van der Waals surface area contributed by atoms with Crippen LogP contribution >= 0.6 is 68.4 Å². The fourth-order valence-corrected chi connectivity index (χ4v) is 13.4. The lowest BCUT2D eigenvalue weighted by atomic mass is 10.0. The molecule has 0 bridgehead atoms. The van der Waals surface area contributed by atoms with Crippen LogP contribution in [0.15, 0.2) is 88.9 Å². The summed E-state index contributed by atoms with van der Waals surface area (Å²) in [5, 5.41) is 4.77. The van der Waals surface area contributed by atoms with Gasteiger partial charge in [0, 0.05) is 51.8 Å². The van der Waals surface area contributed by atoms with Gasteiger partial charge in [0.2, 0.25) is 0 Å². The summed E-state index contributed by atoms with van der Waals surface area (Å²) in [6.07, 6.45) is 9.97. The van der Waals surface area contributed by atoms with E-state index in [2.05, 4.69) is 72.3 Å². The van der Waals surface area contributed by atoms with Crippen LogP contribution in [-0.2, 0) is 9.59 Å². The standard InChI is InChI=1S/C35H20N2O2S6/c1-17-10-14-41-31(17)24-7-6-23(43-24)26-16-19-9-12-37-30(33(19)45-26)28-27(34(37)38)29-32-18(8-11-36(29)35(28)39)15-25(44-32)22-5-4-21(42-22)20-3-2-13-40-20/h2-17,31H,1H3. The number of fused-ring (bicyclic) bond motifs is 7. The first-order valence-electron chi connectivity index (χ1n) is 14.4. The highest BCUT2D eigenvalue weighted by Gasteiger charge is 2.50. The van der Waals surface area contributed by atoms with Crippen molar-refractivity contribution in [3.05, 3.63) is 115 Å². The number of hydrogen-bond donors (Lipinski definition) is 0. The first kappa shape index (κ1) is 26.7. The Hall–Kier alpha value is -3.51. The molecule has 0 aliphatic carbocycles. The average Bonchev–Trinajstić information content (AvgIpc) is 3.88. The molecule has 218 valence electrons. The molecule has 5 aliphatic rings. The molecule has 0 saturated carbocycles. The Morgan fingerprint density at radius 1 is 0.667 bits per heavy atom. The molecule has 10 heteroatoms. The molecule has 10 rings (SSSR count). The van der Waals surface area contributed by atoms with Gasteiger partial charge in [-0.05, 0) is 82.4 Å². The fourth-order valence-electron chi connectivity index (χ4n) is 6.51. The molecule has 0 saturated heterocycles. The Balaban J connectivity index is 1.06. The number of hydrogen-bond acceptors (Lipinski definition) is 8. The van der Waals surface area contributed by atoms with Gasteiger partial charge < -0.3 is 0 Å². The van der Waals surface area contributed by atoms with Gasteiger partial charge in [-0.1, -0.05) is 19.1 Å². The molecule has 2 atom stereocenters. The number of allylic oxidation sites excluding steroid dienone is 1. The highest BCUT2D eigenvalue weighted by molar-refractivity contribution is 8.02. The van der Waals surface area contributed by atoms with E-state index in [4.69, 9.17) is 0 Å². The zero-order chi connectivity index (χ0) is 30.0. The predicted octanol–water partition coefficient (Wildman–Crippen LogP) is 10.7. The molecule has 5 aromatic heterocycles. The lowest BCUT2D eigenvalue weighted by molar-refractivity contribution is -0.122. The Morgan fingerprint density at radius 3 is 1.84 bits per heavy atom. The summed E-state index contributed by atoms with van der Waals surface area (Å²) in [5.74, 6) is 0.258. The van der Waals surface area contributed by atoms with E-state index >= 15 is 0 Å². The minimum absolute atomic E-state index is 0.131. The zero-order valence-corrected chi connectivity index (χ0v) is 28.4. The van der Waals surface area contributed by atoms with Crippen LogP contribution in [0, 0.1) is 5.92 Å². The third-order valence-electron chi connectivity index (χ3n) is 8.68. The van der Waals surface area contributed by atoms with Crippen LogP contribution in [0.1, 0.15) is 37.9 Å². The van der Waals surface area contributed by atoms with E-state index in [1.54, 1.807) is 55.1 Å². The first-order valence-corrected chi connectivity index (χ1v) is 19.5. The van der Waals surface area contributed by atoms with Crippen molar-refractivity contribution >= 4 is 104 Å². The van der Waals surface area contributed by atoms with Crippen molar-refractivity contribution < 1.29 is 9.59 Å². The number of carbonyl (C=O) groups is 2. The van der Waals surface area contributed by atoms with E-state index in [0.717, 1.165) is 37.2 Å². The smallest absolute Gasteiger partial charge is 0.265 e. The fraction of sp³-hybridized carbons (Fsp3) is 0.0857. The minimum atomic E-state index is -0.131. The quantitative estimate of drug-likeness (QED) is 0.188. The normalized spacial score (nSPS) is 20.9. The third-order valence-corrected chi connectivity index (χ3v) is 16.1. The van der Waals surface area contributed by atoms with Gasteiger partial charge in [-0.25, -0.2) is 0 Å². The summed E-state index contributed by atoms with van der Waals surface area (Å²) in [5.41, 5.74) is 4.58. The average molecular weight is 693 g/mol. The highest BCUT2D eigenvalue weighted by Crippen LogP contribution is 2.55. The van der Waals surface area contributed by atoms with Crippen molar-refractivity contribution in [3.63, 3.8) is 0 Å². The largest absolute Gasteiger partial charge is 0.281 e. The second kappa shape index (κ2) is 9.75. The number of amides is 2. The lowest BCUT2D eigenvalue weighted by Gasteiger charge is -2.24. The monoisotopic (exact) mass is 692 g/mol. The van der Waals surface area contributed by atoms with Crippen molar-refractivity contribution in [1.82, 2.24) is 9.80 Å². The molecular weight excluding hydrogens is 673 g/mol. The number of thiophene rings is 5. The maximum atomic E-state index is 14.1. The summed E-state index contributed by atoms with van der Waals surface area (Å²) in [6, 6.07) is 17.4. The molecule has 5 aliphatic heterocycles. The Labute approximate surface area is 283 Å². The van der Waals surface area contributed by atoms with E-state index < -0.39 is 0 Å². The lowest BCUT2D eigenvalue weighted by Crippen LogP contribution is -2.25. The maximum absolute atomic E-state index is 14.1. The second-order valence-corrected chi connectivity index (χ2v) is 17.6. The van der Waals surface area contributed by atoms with Gasteiger partial charge in [-0.15, -0.1) is 68.4 Å². The van der Waals surface area contributed by atoms with Gasteiger partial charge in [0.05, 0.1) is 32.3 Å².